The summed E-state index contributed by atoms with van der Waals surface area (Å²) in [6.45, 7) is 0. The smallest absolute Gasteiger partial charge is 0.188 e. The Kier molecular flexibility index (Phi) is 0.336. The van der Waals surface area contributed by atoms with E-state index in [0.717, 1.165) is 11.5 Å². The minimum absolute atomic E-state index is 0.919. The summed E-state index contributed by atoms with van der Waals surface area (Å²) in [5, 5.41) is 0. The molecule has 0 saturated carbocycles. The highest BCUT2D eigenvalue weighted by molar-refractivity contribution is 5.51. The molecule has 0 N–H and O–H groups in total. The van der Waals surface area contributed by atoms with Crippen molar-refractivity contribution in [2.75, 3.05) is 0 Å². The summed E-state index contributed by atoms with van der Waals surface area (Å²) in [7, 11) is 0. The monoisotopic (exact) mass is 93.0 g/mol. The fourth-order valence-corrected chi connectivity index (χ4v) is 0.521. The van der Waals surface area contributed by atoms with Crippen LogP contribution < -0.4 is 4.74 Å². The van der Waals surface area contributed by atoms with E-state index in [-0.39, 0.29) is 0 Å². The summed E-state index contributed by atoms with van der Waals surface area (Å²) < 4.78 is 4.88. The van der Waals surface area contributed by atoms with Gasteiger partial charge in [-0.05, 0) is 0 Å². The summed E-state index contributed by atoms with van der Waals surface area (Å²) in [6.07, 6.45) is 3.42. The Morgan fingerprint density at radius 3 is 3.00 bits per heavy atom. The van der Waals surface area contributed by atoms with E-state index in [1.807, 2.05) is 6.07 Å². The largest absolute Gasteiger partial charge is 0.448 e. The summed E-state index contributed by atoms with van der Waals surface area (Å²) in [6, 6.07) is 1.84. The van der Waals surface area contributed by atoms with Gasteiger partial charge in [-0.1, -0.05) is 0 Å². The topological polar surface area (TPSA) is 25.4 Å². The second kappa shape index (κ2) is 0.780. The highest BCUT2D eigenvalue weighted by Gasteiger charge is 2.17. The van der Waals surface area contributed by atoms with Crippen LogP contribution in [0.25, 0.3) is 0 Å². The van der Waals surface area contributed by atoms with Gasteiger partial charge in [0.2, 0.25) is 0 Å². The molecule has 2 heterocycles. The van der Waals surface area contributed by atoms with Gasteiger partial charge in [0.25, 0.3) is 0 Å². The third kappa shape index (κ3) is 0.302. The molecule has 0 bridgehead atoms. The fraction of sp³-hybridized carbons (Fsp3) is 0. The van der Waals surface area contributed by atoms with Crippen LogP contribution in [0.1, 0.15) is 0 Å². The SMILES string of the molecule is c1cc2c(cn1)O2. The Morgan fingerprint density at radius 2 is 2.43 bits per heavy atom. The van der Waals surface area contributed by atoms with Crippen LogP contribution in [0, 0.1) is 0 Å². The third-order valence-corrected chi connectivity index (χ3v) is 0.925. The lowest BCUT2D eigenvalue weighted by Crippen LogP contribution is -1.52. The Hall–Kier alpha value is -1.05. The summed E-state index contributed by atoms with van der Waals surface area (Å²) >= 11 is 0. The van der Waals surface area contributed by atoms with Gasteiger partial charge in [-0.15, -0.1) is 0 Å². The van der Waals surface area contributed by atoms with Gasteiger partial charge in [0.05, 0.1) is 6.20 Å². The van der Waals surface area contributed by atoms with E-state index in [0.29, 0.717) is 0 Å². The molecular weight excluding hydrogens is 90.1 g/mol. The molecule has 0 fully saturated rings. The third-order valence-electron chi connectivity index (χ3n) is 0.925. The molecule has 0 aromatic carbocycles. The normalized spacial score (nSPS) is 12.0. The zero-order chi connectivity index (χ0) is 4.69. The average Bonchev–Trinajstić information content (AvgIpc) is 2.41. The molecule has 0 spiro atoms. The predicted molar refractivity (Wildman–Crippen MR) is 24.3 cm³/mol. The summed E-state index contributed by atoms with van der Waals surface area (Å²) in [4.78, 5) is 3.81. The molecule has 1 aromatic heterocycles. The molecule has 0 aliphatic carbocycles. The molecule has 0 saturated heterocycles. The van der Waals surface area contributed by atoms with Gasteiger partial charge >= 0.3 is 0 Å². The quantitative estimate of drug-likeness (QED) is 0.457. The molecule has 0 unspecified atom stereocenters. The number of ether oxygens (including phenoxy) is 1. The molecule has 2 nitrogen and oxygen atoms in total. The van der Waals surface area contributed by atoms with Gasteiger partial charge in [-0.25, -0.2) is 0 Å². The van der Waals surface area contributed by atoms with E-state index in [2.05, 4.69) is 4.98 Å². The highest BCUT2D eigenvalue weighted by atomic mass is 16.6. The Morgan fingerprint density at radius 1 is 1.43 bits per heavy atom. The molecular formula is C5H3NO. The molecule has 1 aromatic rings. The predicted octanol–water partition coefficient (Wildman–Crippen LogP) is 1.19. The van der Waals surface area contributed by atoms with E-state index in [4.69, 9.17) is 4.74 Å². The molecule has 1 aliphatic rings. The van der Waals surface area contributed by atoms with E-state index in [9.17, 15) is 0 Å². The van der Waals surface area contributed by atoms with Gasteiger partial charge in [0.15, 0.2) is 11.5 Å². The number of nitrogens with zero attached hydrogens (tertiary/aromatic N) is 1. The Labute approximate surface area is 40.8 Å². The first-order valence-corrected chi connectivity index (χ1v) is 2.09. The van der Waals surface area contributed by atoms with Crippen LogP contribution in [0.4, 0.5) is 0 Å². The number of hydrogen-bond donors (Lipinski definition) is 0. The second-order valence-corrected chi connectivity index (χ2v) is 1.42. The van der Waals surface area contributed by atoms with Crippen LogP contribution >= 0.6 is 0 Å². The van der Waals surface area contributed by atoms with Crippen LogP contribution in [0.5, 0.6) is 11.5 Å². The number of rotatable bonds is 0. The first-order valence-electron chi connectivity index (χ1n) is 2.09. The molecule has 0 amide bonds. The molecule has 34 valence electrons. The first kappa shape index (κ1) is 3.02. The lowest BCUT2D eigenvalue weighted by molar-refractivity contribution is 0.649. The number of pyridine rings is 1. The summed E-state index contributed by atoms with van der Waals surface area (Å²) in [5.74, 6) is 1.89. The van der Waals surface area contributed by atoms with Crippen molar-refractivity contribution in [3.63, 3.8) is 0 Å². The highest BCUT2D eigenvalue weighted by Crippen LogP contribution is 2.42. The van der Waals surface area contributed by atoms with Gasteiger partial charge in [0.1, 0.15) is 0 Å². The Balaban J connectivity index is 2.73. The van der Waals surface area contributed by atoms with E-state index < -0.39 is 0 Å². The molecule has 7 heavy (non-hydrogen) atoms. The van der Waals surface area contributed by atoms with Gasteiger partial charge < -0.3 is 4.74 Å². The van der Waals surface area contributed by atoms with Crippen molar-refractivity contribution < 1.29 is 4.74 Å². The second-order valence-electron chi connectivity index (χ2n) is 1.42. The maximum atomic E-state index is 4.88. The van der Waals surface area contributed by atoms with Crippen LogP contribution in [0.2, 0.25) is 0 Å². The molecule has 0 atom stereocenters. The van der Waals surface area contributed by atoms with Crippen molar-refractivity contribution in [1.29, 1.82) is 0 Å². The standard InChI is InChI=1S/C5H3NO/c1-2-6-3-5-4(1)7-5/h1-3H. The van der Waals surface area contributed by atoms with Crippen molar-refractivity contribution in [3.05, 3.63) is 18.5 Å². The minimum Gasteiger partial charge on any atom is -0.448 e. The van der Waals surface area contributed by atoms with Crippen LogP contribution in [-0.4, -0.2) is 4.98 Å². The lowest BCUT2D eigenvalue weighted by Gasteiger charge is -1.62. The minimum atomic E-state index is 0.919. The van der Waals surface area contributed by atoms with Crippen molar-refractivity contribution in [2.45, 2.75) is 0 Å². The van der Waals surface area contributed by atoms with Crippen molar-refractivity contribution in [3.8, 4) is 11.5 Å². The van der Waals surface area contributed by atoms with Gasteiger partial charge in [-0.3, -0.25) is 4.98 Å². The number of aromatic nitrogens is 1. The Bertz CT molecular complexity index is 176. The van der Waals surface area contributed by atoms with Crippen molar-refractivity contribution in [1.82, 2.24) is 4.98 Å². The van der Waals surface area contributed by atoms with E-state index in [1.54, 1.807) is 12.4 Å². The maximum Gasteiger partial charge on any atom is 0.188 e. The van der Waals surface area contributed by atoms with Crippen molar-refractivity contribution in [2.24, 2.45) is 0 Å². The molecule has 2 rings (SSSR count). The molecule has 0 radical (unpaired) electrons. The average molecular weight is 93.1 g/mol. The molecule has 1 aliphatic heterocycles. The van der Waals surface area contributed by atoms with Crippen molar-refractivity contribution >= 4 is 0 Å². The first-order chi connectivity index (χ1) is 3.47. The zero-order valence-electron chi connectivity index (χ0n) is 3.59. The zero-order valence-corrected chi connectivity index (χ0v) is 3.59. The number of fused-ring (bicyclic) bond motifs is 1. The van der Waals surface area contributed by atoms with E-state index >= 15 is 0 Å². The van der Waals surface area contributed by atoms with Gasteiger partial charge in [-0.2, -0.15) is 0 Å². The van der Waals surface area contributed by atoms with Crippen LogP contribution in [0.3, 0.4) is 0 Å². The van der Waals surface area contributed by atoms with E-state index in [1.165, 1.54) is 0 Å². The lowest BCUT2D eigenvalue weighted by atomic mass is 10.5. The van der Waals surface area contributed by atoms with Crippen LogP contribution in [0.15, 0.2) is 18.5 Å². The maximum absolute atomic E-state index is 4.88. The van der Waals surface area contributed by atoms with Crippen LogP contribution in [-0.2, 0) is 0 Å². The summed E-state index contributed by atoms with van der Waals surface area (Å²) in [5.41, 5.74) is 0. The number of hydrogen-bond acceptors (Lipinski definition) is 2. The fourth-order valence-electron chi connectivity index (χ4n) is 0.521. The van der Waals surface area contributed by atoms with Gasteiger partial charge in [0, 0.05) is 12.3 Å². The molecule has 2 heteroatoms.